The number of fused-ring (bicyclic) bond motifs is 1. The molecule has 0 amide bonds. The molecule has 2 aliphatic rings. The largest absolute Gasteiger partial charge is 0.475 e. The summed E-state index contributed by atoms with van der Waals surface area (Å²) in [6.07, 6.45) is 5.47. The quantitative estimate of drug-likeness (QED) is 0.855. The van der Waals surface area contributed by atoms with Crippen LogP contribution >= 0.6 is 0 Å². The van der Waals surface area contributed by atoms with Gasteiger partial charge in [0.2, 0.25) is 5.88 Å². The van der Waals surface area contributed by atoms with Crippen LogP contribution in [0.5, 0.6) is 5.88 Å². The molecule has 6 heteroatoms. The van der Waals surface area contributed by atoms with E-state index in [-0.39, 0.29) is 6.10 Å². The zero-order chi connectivity index (χ0) is 17.4. The Labute approximate surface area is 148 Å². The summed E-state index contributed by atoms with van der Waals surface area (Å²) in [5.74, 6) is 1.94. The third-order valence-electron chi connectivity index (χ3n) is 5.24. The fourth-order valence-corrected chi connectivity index (χ4v) is 3.71. The fraction of sp³-hybridized carbons (Fsp3) is 0.579. The highest BCUT2D eigenvalue weighted by atomic mass is 16.5. The Morgan fingerprint density at radius 3 is 2.84 bits per heavy atom. The molecule has 2 aromatic heterocycles. The van der Waals surface area contributed by atoms with Gasteiger partial charge >= 0.3 is 0 Å². The van der Waals surface area contributed by atoms with Crippen molar-refractivity contribution in [2.45, 2.75) is 51.9 Å². The van der Waals surface area contributed by atoms with Crippen LogP contribution in [0.15, 0.2) is 18.3 Å². The van der Waals surface area contributed by atoms with Gasteiger partial charge in [-0.3, -0.25) is 0 Å². The summed E-state index contributed by atoms with van der Waals surface area (Å²) >= 11 is 0. The molecule has 0 radical (unpaired) electrons. The molecule has 2 aliphatic heterocycles. The van der Waals surface area contributed by atoms with Gasteiger partial charge in [-0.2, -0.15) is 5.10 Å². The Balaban J connectivity index is 1.60. The molecule has 0 N–H and O–H groups in total. The lowest BCUT2D eigenvalue weighted by Crippen LogP contribution is -2.23. The molecule has 4 rings (SSSR count). The van der Waals surface area contributed by atoms with Gasteiger partial charge in [-0.15, -0.1) is 0 Å². The minimum absolute atomic E-state index is 0.256. The number of hydrogen-bond acceptors (Lipinski definition) is 5. The van der Waals surface area contributed by atoms with Crippen molar-refractivity contribution in [3.8, 4) is 17.1 Å². The number of nitrogens with zero attached hydrogens (tertiary/aromatic N) is 4. The minimum atomic E-state index is 0.256. The van der Waals surface area contributed by atoms with Crippen molar-refractivity contribution < 1.29 is 9.47 Å². The van der Waals surface area contributed by atoms with Crippen molar-refractivity contribution in [1.82, 2.24) is 14.8 Å². The molecule has 0 bridgehead atoms. The van der Waals surface area contributed by atoms with Crippen molar-refractivity contribution >= 4 is 5.82 Å². The standard InChI is InChI=1S/C19H26N4O2/c1-4-16-18(21-23-10-7-13(2)25-19(16)23)14-5-6-17(20-11-14)22-9-8-15(12-22)24-3/h5-6,11,13,15H,4,7-10,12H2,1-3H3/t13-,15-/m1/s1. The van der Waals surface area contributed by atoms with Crippen LogP contribution < -0.4 is 9.64 Å². The average molecular weight is 342 g/mol. The molecule has 0 saturated carbocycles. The van der Waals surface area contributed by atoms with Crippen molar-refractivity contribution in [1.29, 1.82) is 0 Å². The Hall–Kier alpha value is -2.08. The predicted octanol–water partition coefficient (Wildman–Crippen LogP) is 2.90. The van der Waals surface area contributed by atoms with Gasteiger partial charge in [0, 0.05) is 50.5 Å². The zero-order valence-electron chi connectivity index (χ0n) is 15.2. The van der Waals surface area contributed by atoms with E-state index in [0.29, 0.717) is 6.10 Å². The number of ether oxygens (including phenoxy) is 2. The van der Waals surface area contributed by atoms with Crippen LogP contribution in [0.2, 0.25) is 0 Å². The molecule has 0 aromatic carbocycles. The molecule has 25 heavy (non-hydrogen) atoms. The van der Waals surface area contributed by atoms with Crippen LogP contribution in [0.3, 0.4) is 0 Å². The van der Waals surface area contributed by atoms with Crippen LogP contribution in [-0.4, -0.2) is 47.2 Å². The highest BCUT2D eigenvalue weighted by Gasteiger charge is 2.26. The Morgan fingerprint density at radius 2 is 2.16 bits per heavy atom. The smallest absolute Gasteiger partial charge is 0.215 e. The number of methoxy groups -OCH3 is 1. The van der Waals surface area contributed by atoms with Crippen molar-refractivity contribution in [3.05, 3.63) is 23.9 Å². The second-order valence-corrected chi connectivity index (χ2v) is 6.92. The van der Waals surface area contributed by atoms with Crippen LogP contribution in [0, 0.1) is 0 Å². The summed E-state index contributed by atoms with van der Waals surface area (Å²) in [5, 5.41) is 4.80. The van der Waals surface area contributed by atoms with Gasteiger partial charge in [-0.1, -0.05) is 6.92 Å². The number of hydrogen-bond donors (Lipinski definition) is 0. The normalized spacial score (nSPS) is 22.8. The van der Waals surface area contributed by atoms with Gasteiger partial charge in [-0.05, 0) is 31.9 Å². The van der Waals surface area contributed by atoms with E-state index in [2.05, 4.69) is 35.9 Å². The van der Waals surface area contributed by atoms with Gasteiger partial charge in [0.1, 0.15) is 11.5 Å². The Morgan fingerprint density at radius 1 is 1.28 bits per heavy atom. The van der Waals surface area contributed by atoms with Gasteiger partial charge in [-0.25, -0.2) is 9.67 Å². The second kappa shape index (κ2) is 6.67. The van der Waals surface area contributed by atoms with Gasteiger partial charge in [0.25, 0.3) is 0 Å². The number of rotatable bonds is 4. The average Bonchev–Trinajstić information content (AvgIpc) is 3.26. The second-order valence-electron chi connectivity index (χ2n) is 6.92. The molecular formula is C19H26N4O2. The van der Waals surface area contributed by atoms with Crippen molar-refractivity contribution in [3.63, 3.8) is 0 Å². The first-order valence-electron chi connectivity index (χ1n) is 9.20. The van der Waals surface area contributed by atoms with E-state index in [1.807, 2.05) is 10.9 Å². The molecule has 2 atom stereocenters. The van der Waals surface area contributed by atoms with Gasteiger partial charge < -0.3 is 14.4 Å². The van der Waals surface area contributed by atoms with E-state index < -0.39 is 0 Å². The van der Waals surface area contributed by atoms with E-state index in [0.717, 1.165) is 61.9 Å². The molecule has 0 aliphatic carbocycles. The molecule has 1 fully saturated rings. The lowest BCUT2D eigenvalue weighted by molar-refractivity contribution is 0.121. The maximum absolute atomic E-state index is 6.04. The number of aromatic nitrogens is 3. The molecule has 0 spiro atoms. The van der Waals surface area contributed by atoms with E-state index >= 15 is 0 Å². The summed E-state index contributed by atoms with van der Waals surface area (Å²) in [7, 11) is 1.78. The SMILES string of the molecule is CCc1c(-c2ccc(N3CC[C@@H](OC)C3)nc2)nn2c1O[C@H](C)CC2. The van der Waals surface area contributed by atoms with E-state index in [1.54, 1.807) is 7.11 Å². The molecule has 0 unspecified atom stereocenters. The zero-order valence-corrected chi connectivity index (χ0v) is 15.2. The highest BCUT2D eigenvalue weighted by Crippen LogP contribution is 2.34. The fourth-order valence-electron chi connectivity index (χ4n) is 3.71. The predicted molar refractivity (Wildman–Crippen MR) is 97.2 cm³/mol. The highest BCUT2D eigenvalue weighted by molar-refractivity contribution is 5.66. The topological polar surface area (TPSA) is 52.4 Å². The third-order valence-corrected chi connectivity index (χ3v) is 5.24. The van der Waals surface area contributed by atoms with E-state index in [4.69, 9.17) is 14.6 Å². The van der Waals surface area contributed by atoms with Crippen molar-refractivity contribution in [2.75, 3.05) is 25.1 Å². The lowest BCUT2D eigenvalue weighted by Gasteiger charge is -2.22. The first kappa shape index (κ1) is 16.4. The summed E-state index contributed by atoms with van der Waals surface area (Å²) in [6.45, 7) is 7.10. The number of pyridine rings is 1. The number of aryl methyl sites for hydroxylation is 1. The first-order chi connectivity index (χ1) is 12.2. The Kier molecular flexibility index (Phi) is 4.37. The molecule has 4 heterocycles. The lowest BCUT2D eigenvalue weighted by atomic mass is 10.1. The minimum Gasteiger partial charge on any atom is -0.475 e. The van der Waals surface area contributed by atoms with Crippen LogP contribution in [0.25, 0.3) is 11.3 Å². The third kappa shape index (κ3) is 2.99. The van der Waals surface area contributed by atoms with Crippen LogP contribution in [0.1, 0.15) is 32.3 Å². The van der Waals surface area contributed by atoms with Crippen LogP contribution in [-0.2, 0) is 17.7 Å². The molecule has 2 aromatic rings. The first-order valence-corrected chi connectivity index (χ1v) is 9.20. The summed E-state index contributed by atoms with van der Waals surface area (Å²) in [5.41, 5.74) is 3.24. The summed E-state index contributed by atoms with van der Waals surface area (Å²) in [6, 6.07) is 4.22. The maximum atomic E-state index is 6.04. The van der Waals surface area contributed by atoms with E-state index in [9.17, 15) is 0 Å². The summed E-state index contributed by atoms with van der Waals surface area (Å²) < 4.78 is 13.5. The van der Waals surface area contributed by atoms with Crippen LogP contribution in [0.4, 0.5) is 5.82 Å². The maximum Gasteiger partial charge on any atom is 0.215 e. The number of anilines is 1. The Bertz CT molecular complexity index is 741. The van der Waals surface area contributed by atoms with Gasteiger partial charge in [0.05, 0.1) is 12.2 Å². The molecule has 6 nitrogen and oxygen atoms in total. The van der Waals surface area contributed by atoms with E-state index in [1.165, 1.54) is 5.56 Å². The van der Waals surface area contributed by atoms with Gasteiger partial charge in [0.15, 0.2) is 0 Å². The molecule has 134 valence electrons. The summed E-state index contributed by atoms with van der Waals surface area (Å²) in [4.78, 5) is 6.96. The molecule has 1 saturated heterocycles. The molecular weight excluding hydrogens is 316 g/mol. The van der Waals surface area contributed by atoms with Crippen molar-refractivity contribution in [2.24, 2.45) is 0 Å². The monoisotopic (exact) mass is 342 g/mol.